The number of benzene rings is 2. The molecule has 2 heteroatoms. The molecule has 23 heavy (non-hydrogen) atoms. The number of carbonyl (C=O) groups excluding carboxylic acids is 1. The van der Waals surface area contributed by atoms with Gasteiger partial charge in [0.2, 0.25) is 5.91 Å². The van der Waals surface area contributed by atoms with E-state index in [2.05, 4.69) is 36.5 Å². The predicted molar refractivity (Wildman–Crippen MR) is 94.3 cm³/mol. The molecule has 0 saturated heterocycles. The largest absolute Gasteiger partial charge is 0.353 e. The lowest BCUT2D eigenvalue weighted by molar-refractivity contribution is -0.127. The van der Waals surface area contributed by atoms with Gasteiger partial charge in [0.25, 0.3) is 0 Å². The average molecular weight is 307 g/mol. The summed E-state index contributed by atoms with van der Waals surface area (Å²) in [5.74, 6) is 0.199. The third-order valence-corrected chi connectivity index (χ3v) is 4.98. The van der Waals surface area contributed by atoms with Crippen LogP contribution in [0.4, 0.5) is 0 Å². The van der Waals surface area contributed by atoms with Crippen LogP contribution >= 0.6 is 0 Å². The van der Waals surface area contributed by atoms with E-state index >= 15 is 0 Å². The summed E-state index contributed by atoms with van der Waals surface area (Å²) in [6, 6.07) is 20.8. The van der Waals surface area contributed by atoms with Crippen LogP contribution in [0, 0.1) is 0 Å². The van der Waals surface area contributed by atoms with Crippen LogP contribution in [0.1, 0.15) is 43.7 Å². The van der Waals surface area contributed by atoms with Crippen LogP contribution in [-0.4, -0.2) is 11.9 Å². The fourth-order valence-electron chi connectivity index (χ4n) is 3.76. The predicted octanol–water partition coefficient (Wildman–Crippen LogP) is 4.25. The van der Waals surface area contributed by atoms with Gasteiger partial charge in [-0.1, -0.05) is 73.5 Å². The molecular formula is C21H25NO. The zero-order valence-electron chi connectivity index (χ0n) is 13.8. The van der Waals surface area contributed by atoms with Gasteiger partial charge >= 0.3 is 0 Å². The smallest absolute Gasteiger partial charge is 0.230 e. The fourth-order valence-corrected chi connectivity index (χ4v) is 3.76. The molecule has 2 nitrogen and oxygen atoms in total. The molecule has 0 unspecified atom stereocenters. The maximum absolute atomic E-state index is 13.1. The molecule has 0 bridgehead atoms. The summed E-state index contributed by atoms with van der Waals surface area (Å²) in [5, 5.41) is 3.27. The van der Waals surface area contributed by atoms with Crippen molar-refractivity contribution in [1.82, 2.24) is 5.32 Å². The molecular weight excluding hydrogens is 282 g/mol. The maximum Gasteiger partial charge on any atom is 0.230 e. The molecule has 1 amide bonds. The minimum atomic E-state index is -0.327. The van der Waals surface area contributed by atoms with Crippen LogP contribution in [0.3, 0.4) is 0 Å². The first-order valence-electron chi connectivity index (χ1n) is 8.61. The van der Waals surface area contributed by atoms with E-state index in [4.69, 9.17) is 0 Å². The van der Waals surface area contributed by atoms with Crippen molar-refractivity contribution in [3.05, 3.63) is 71.8 Å². The molecule has 0 radical (unpaired) electrons. The summed E-state index contributed by atoms with van der Waals surface area (Å²) < 4.78 is 0. The van der Waals surface area contributed by atoms with Gasteiger partial charge in [-0.05, 0) is 37.3 Å². The van der Waals surface area contributed by atoms with Gasteiger partial charge < -0.3 is 5.32 Å². The highest BCUT2D eigenvalue weighted by atomic mass is 16.2. The molecule has 1 aliphatic rings. The highest BCUT2D eigenvalue weighted by Gasteiger charge is 2.42. The summed E-state index contributed by atoms with van der Waals surface area (Å²) in [4.78, 5) is 13.1. The molecule has 1 N–H and O–H groups in total. The second-order valence-electron chi connectivity index (χ2n) is 6.72. The molecule has 1 fully saturated rings. The number of nitrogens with one attached hydrogen (secondary N) is 1. The van der Waals surface area contributed by atoms with Gasteiger partial charge in [0, 0.05) is 6.04 Å². The Labute approximate surface area is 138 Å². The van der Waals surface area contributed by atoms with Crippen molar-refractivity contribution < 1.29 is 4.79 Å². The lowest BCUT2D eigenvalue weighted by Gasteiger charge is -2.30. The monoisotopic (exact) mass is 307 g/mol. The normalized spacial score (nSPS) is 17.6. The van der Waals surface area contributed by atoms with E-state index in [1.165, 1.54) is 11.1 Å². The van der Waals surface area contributed by atoms with Crippen LogP contribution in [-0.2, 0) is 16.6 Å². The zero-order chi connectivity index (χ0) is 16.1. The van der Waals surface area contributed by atoms with E-state index in [-0.39, 0.29) is 17.4 Å². The van der Waals surface area contributed by atoms with Crippen molar-refractivity contribution in [2.24, 2.45) is 0 Å². The van der Waals surface area contributed by atoms with Crippen molar-refractivity contribution in [3.8, 4) is 0 Å². The Hall–Kier alpha value is -2.09. The molecule has 1 saturated carbocycles. The Bertz CT molecular complexity index is 629. The van der Waals surface area contributed by atoms with Gasteiger partial charge in [0.05, 0.1) is 5.41 Å². The number of rotatable bonds is 5. The van der Waals surface area contributed by atoms with Crippen LogP contribution in [0.2, 0.25) is 0 Å². The van der Waals surface area contributed by atoms with Gasteiger partial charge in [-0.3, -0.25) is 4.79 Å². The lowest BCUT2D eigenvalue weighted by atomic mass is 9.78. The molecule has 0 aliphatic heterocycles. The zero-order valence-corrected chi connectivity index (χ0v) is 13.8. The third kappa shape index (κ3) is 3.47. The molecule has 120 valence electrons. The van der Waals surface area contributed by atoms with E-state index in [9.17, 15) is 4.79 Å². The van der Waals surface area contributed by atoms with Gasteiger partial charge in [-0.2, -0.15) is 0 Å². The highest BCUT2D eigenvalue weighted by molar-refractivity contribution is 5.88. The second kappa shape index (κ2) is 6.99. The van der Waals surface area contributed by atoms with Crippen molar-refractivity contribution in [2.45, 2.75) is 50.5 Å². The average Bonchev–Trinajstić information content (AvgIpc) is 3.07. The molecule has 2 aromatic carbocycles. The Morgan fingerprint density at radius 2 is 1.57 bits per heavy atom. The Morgan fingerprint density at radius 3 is 2.17 bits per heavy atom. The van der Waals surface area contributed by atoms with E-state index in [0.717, 1.165) is 32.1 Å². The summed E-state index contributed by atoms with van der Waals surface area (Å²) in [6.07, 6.45) is 5.06. The Morgan fingerprint density at radius 1 is 1.00 bits per heavy atom. The van der Waals surface area contributed by atoms with E-state index in [1.54, 1.807) is 0 Å². The Balaban J connectivity index is 1.72. The quantitative estimate of drug-likeness (QED) is 0.879. The first-order valence-corrected chi connectivity index (χ1v) is 8.61. The molecule has 0 spiro atoms. The second-order valence-corrected chi connectivity index (χ2v) is 6.72. The first-order chi connectivity index (χ1) is 11.2. The minimum Gasteiger partial charge on any atom is -0.353 e. The van der Waals surface area contributed by atoms with Crippen LogP contribution in [0.5, 0.6) is 0 Å². The standard InChI is InChI=1S/C21H25NO/c1-17(16-18-10-4-2-5-11-18)22-20(23)21(14-8-9-15-21)19-12-6-3-7-13-19/h2-7,10-13,17H,8-9,14-16H2,1H3,(H,22,23)/t17-/m0/s1. The fraction of sp³-hybridized carbons (Fsp3) is 0.381. The van der Waals surface area contributed by atoms with Gasteiger partial charge in [-0.25, -0.2) is 0 Å². The lowest BCUT2D eigenvalue weighted by Crippen LogP contribution is -2.46. The van der Waals surface area contributed by atoms with Gasteiger partial charge in [0.15, 0.2) is 0 Å². The number of amides is 1. The first kappa shape index (κ1) is 15.8. The number of hydrogen-bond donors (Lipinski definition) is 1. The summed E-state index contributed by atoms with van der Waals surface area (Å²) in [7, 11) is 0. The number of hydrogen-bond acceptors (Lipinski definition) is 1. The van der Waals surface area contributed by atoms with Crippen molar-refractivity contribution in [1.29, 1.82) is 0 Å². The molecule has 1 aliphatic carbocycles. The molecule has 3 rings (SSSR count). The molecule has 2 aromatic rings. The topological polar surface area (TPSA) is 29.1 Å². The van der Waals surface area contributed by atoms with Crippen LogP contribution < -0.4 is 5.32 Å². The molecule has 1 atom stereocenters. The minimum absolute atomic E-state index is 0.145. The van der Waals surface area contributed by atoms with Crippen molar-refractivity contribution in [2.75, 3.05) is 0 Å². The summed E-state index contributed by atoms with van der Waals surface area (Å²) >= 11 is 0. The highest BCUT2D eigenvalue weighted by Crippen LogP contribution is 2.41. The van der Waals surface area contributed by atoms with E-state index in [0.29, 0.717) is 0 Å². The molecule has 0 heterocycles. The van der Waals surface area contributed by atoms with Crippen LogP contribution in [0.15, 0.2) is 60.7 Å². The van der Waals surface area contributed by atoms with Crippen molar-refractivity contribution >= 4 is 5.91 Å². The molecule has 0 aromatic heterocycles. The van der Waals surface area contributed by atoms with Gasteiger partial charge in [-0.15, -0.1) is 0 Å². The van der Waals surface area contributed by atoms with Crippen LogP contribution in [0.25, 0.3) is 0 Å². The van der Waals surface area contributed by atoms with Crippen molar-refractivity contribution in [3.63, 3.8) is 0 Å². The SMILES string of the molecule is C[C@@H](Cc1ccccc1)NC(=O)C1(c2ccccc2)CCCC1. The Kier molecular flexibility index (Phi) is 4.80. The van der Waals surface area contributed by atoms with E-state index < -0.39 is 0 Å². The summed E-state index contributed by atoms with van der Waals surface area (Å²) in [5.41, 5.74) is 2.11. The maximum atomic E-state index is 13.1. The number of carbonyl (C=O) groups is 1. The van der Waals surface area contributed by atoms with E-state index in [1.807, 2.05) is 36.4 Å². The third-order valence-electron chi connectivity index (χ3n) is 4.98. The summed E-state index contributed by atoms with van der Waals surface area (Å²) in [6.45, 7) is 2.10. The van der Waals surface area contributed by atoms with Gasteiger partial charge in [0.1, 0.15) is 0 Å².